The van der Waals surface area contributed by atoms with Crippen LogP contribution in [0.1, 0.15) is 37.0 Å². The van der Waals surface area contributed by atoms with Gasteiger partial charge in [-0.1, -0.05) is 13.0 Å². The molecule has 37 heavy (non-hydrogen) atoms. The molecule has 200 valence electrons. The van der Waals surface area contributed by atoms with Gasteiger partial charge < -0.3 is 20.1 Å². The van der Waals surface area contributed by atoms with E-state index in [2.05, 4.69) is 5.32 Å². The highest BCUT2D eigenvalue weighted by molar-refractivity contribution is 7.89. The number of hydrogen-bond donors (Lipinski definition) is 2. The number of nitrogens with one attached hydrogen (secondary N) is 1. The molecule has 9 nitrogen and oxygen atoms in total. The van der Waals surface area contributed by atoms with Gasteiger partial charge in [-0.3, -0.25) is 9.59 Å². The van der Waals surface area contributed by atoms with Crippen LogP contribution in [0.15, 0.2) is 47.4 Å². The van der Waals surface area contributed by atoms with E-state index in [1.54, 1.807) is 30.0 Å². The van der Waals surface area contributed by atoms with Crippen molar-refractivity contribution in [3.8, 4) is 5.75 Å². The van der Waals surface area contributed by atoms with Crippen LogP contribution in [0.4, 0.5) is 10.1 Å². The summed E-state index contributed by atoms with van der Waals surface area (Å²) in [5.41, 5.74) is 0.553. The lowest BCUT2D eigenvalue weighted by atomic mass is 9.99. The summed E-state index contributed by atoms with van der Waals surface area (Å²) in [6.45, 7) is 3.46. The zero-order valence-electron chi connectivity index (χ0n) is 21.1. The first-order valence-electron chi connectivity index (χ1n) is 12.3. The summed E-state index contributed by atoms with van der Waals surface area (Å²) < 4.78 is 47.2. The molecule has 0 spiro atoms. The fraction of sp³-hybridized carbons (Fsp3) is 0.462. The van der Waals surface area contributed by atoms with Crippen LogP contribution in [0.2, 0.25) is 0 Å². The summed E-state index contributed by atoms with van der Waals surface area (Å²) in [5.74, 6) is -1.30. The minimum atomic E-state index is -3.96. The van der Waals surface area contributed by atoms with Crippen LogP contribution in [0.5, 0.6) is 5.75 Å². The number of rotatable bonds is 8. The molecule has 1 aliphatic carbocycles. The number of para-hydroxylation sites is 1. The van der Waals surface area contributed by atoms with Gasteiger partial charge in [-0.25, -0.2) is 12.8 Å². The highest BCUT2D eigenvalue weighted by Crippen LogP contribution is 2.37. The summed E-state index contributed by atoms with van der Waals surface area (Å²) >= 11 is 0. The van der Waals surface area contributed by atoms with E-state index in [4.69, 9.17) is 4.74 Å². The molecule has 0 radical (unpaired) electrons. The van der Waals surface area contributed by atoms with Gasteiger partial charge >= 0.3 is 0 Å². The Balaban J connectivity index is 1.70. The number of sulfonamides is 1. The average Bonchev–Trinajstić information content (AvgIpc) is 3.72. The second-order valence-electron chi connectivity index (χ2n) is 9.81. The fourth-order valence-corrected chi connectivity index (χ4v) is 5.46. The number of benzene rings is 2. The number of hydrogen-bond acceptors (Lipinski definition) is 6. The number of carbonyl (C=O) groups is 2. The van der Waals surface area contributed by atoms with Crippen molar-refractivity contribution in [2.75, 3.05) is 32.1 Å². The summed E-state index contributed by atoms with van der Waals surface area (Å²) in [5, 5.41) is 12.7. The van der Waals surface area contributed by atoms with Crippen molar-refractivity contribution in [2.45, 2.75) is 43.7 Å². The van der Waals surface area contributed by atoms with Crippen LogP contribution in [-0.4, -0.2) is 73.4 Å². The maximum Gasteiger partial charge on any atom is 0.258 e. The normalized spacial score (nSPS) is 21.0. The number of nitrogens with zero attached hydrogens (tertiary/aromatic N) is 2. The molecule has 0 unspecified atom stereocenters. The molecule has 0 saturated heterocycles. The first kappa shape index (κ1) is 27.0. The number of aliphatic hydroxyl groups excluding tert-OH is 1. The van der Waals surface area contributed by atoms with E-state index >= 15 is 0 Å². The van der Waals surface area contributed by atoms with Crippen molar-refractivity contribution in [3.05, 3.63) is 53.8 Å². The molecule has 3 atom stereocenters. The van der Waals surface area contributed by atoms with Crippen LogP contribution in [0.3, 0.4) is 0 Å². The Morgan fingerprint density at radius 2 is 1.92 bits per heavy atom. The first-order valence-corrected chi connectivity index (χ1v) is 13.7. The Bertz CT molecular complexity index is 1270. The van der Waals surface area contributed by atoms with Gasteiger partial charge in [0, 0.05) is 25.4 Å². The van der Waals surface area contributed by atoms with E-state index in [0.717, 1.165) is 29.3 Å². The minimum absolute atomic E-state index is 0.0570. The fourth-order valence-electron chi connectivity index (χ4n) is 4.28. The van der Waals surface area contributed by atoms with Gasteiger partial charge in [0.15, 0.2) is 5.75 Å². The molecule has 2 aromatic rings. The van der Waals surface area contributed by atoms with Gasteiger partial charge in [-0.2, -0.15) is 4.31 Å². The molecule has 2 N–H and O–H groups in total. The SMILES string of the molecule is C[C@@H]1CN([C@@H](C)CO)C(=O)c2cccc(NC(=O)C3CC3)c2O[C@H]1CN(C)S(=O)(=O)c1ccc(F)cc1. The van der Waals surface area contributed by atoms with Crippen LogP contribution in [0, 0.1) is 17.7 Å². The Morgan fingerprint density at radius 3 is 2.54 bits per heavy atom. The van der Waals surface area contributed by atoms with Crippen molar-refractivity contribution in [2.24, 2.45) is 11.8 Å². The van der Waals surface area contributed by atoms with E-state index in [0.29, 0.717) is 5.69 Å². The molecule has 1 saturated carbocycles. The lowest BCUT2D eigenvalue weighted by Gasteiger charge is -2.38. The maximum absolute atomic E-state index is 13.5. The largest absolute Gasteiger partial charge is 0.486 e. The molecular formula is C26H32FN3O6S. The van der Waals surface area contributed by atoms with E-state index < -0.39 is 28.0 Å². The zero-order valence-corrected chi connectivity index (χ0v) is 21.9. The lowest BCUT2D eigenvalue weighted by molar-refractivity contribution is -0.117. The molecule has 1 heterocycles. The minimum Gasteiger partial charge on any atom is -0.486 e. The molecule has 11 heteroatoms. The number of anilines is 1. The Hall–Kier alpha value is -3.02. The maximum atomic E-state index is 13.5. The highest BCUT2D eigenvalue weighted by atomic mass is 32.2. The summed E-state index contributed by atoms with van der Waals surface area (Å²) in [4.78, 5) is 27.5. The standard InChI is InChI=1S/C26H32FN3O6S/c1-16-13-30(17(2)15-31)26(33)21-5-4-6-22(28-25(32)18-7-8-18)24(21)36-23(16)14-29(3)37(34,35)20-11-9-19(27)10-12-20/h4-6,9-12,16-18,23,31H,7-8,13-15H2,1-3H3,(H,28,32)/t16-,17+,23+/m1/s1. The van der Waals surface area contributed by atoms with Gasteiger partial charge in [0.1, 0.15) is 11.9 Å². The molecule has 1 fully saturated rings. The third-order valence-electron chi connectivity index (χ3n) is 6.86. The summed E-state index contributed by atoms with van der Waals surface area (Å²) in [7, 11) is -2.55. The van der Waals surface area contributed by atoms with Gasteiger partial charge in [-0.15, -0.1) is 0 Å². The van der Waals surface area contributed by atoms with Crippen molar-refractivity contribution >= 4 is 27.5 Å². The number of amides is 2. The van der Waals surface area contributed by atoms with E-state index in [9.17, 15) is 27.5 Å². The van der Waals surface area contributed by atoms with Gasteiger partial charge in [0.2, 0.25) is 15.9 Å². The third kappa shape index (κ3) is 5.78. The number of aliphatic hydroxyl groups is 1. The number of fused-ring (bicyclic) bond motifs is 1. The van der Waals surface area contributed by atoms with Crippen LogP contribution < -0.4 is 10.1 Å². The van der Waals surface area contributed by atoms with E-state index in [1.807, 2.05) is 6.92 Å². The number of ether oxygens (including phenoxy) is 1. The molecule has 4 rings (SSSR count). The first-order chi connectivity index (χ1) is 17.5. The van der Waals surface area contributed by atoms with Crippen molar-refractivity contribution < 1.29 is 32.2 Å². The number of carbonyl (C=O) groups excluding carboxylic acids is 2. The molecule has 2 aromatic carbocycles. The lowest BCUT2D eigenvalue weighted by Crippen LogP contribution is -2.50. The second kappa shape index (κ2) is 10.8. The highest BCUT2D eigenvalue weighted by Gasteiger charge is 2.37. The van der Waals surface area contributed by atoms with Crippen LogP contribution in [-0.2, 0) is 14.8 Å². The molecule has 0 bridgehead atoms. The van der Waals surface area contributed by atoms with Gasteiger partial charge in [0.25, 0.3) is 5.91 Å². The van der Waals surface area contributed by atoms with Crippen molar-refractivity contribution in [1.29, 1.82) is 0 Å². The number of likely N-dealkylation sites (N-methyl/N-ethyl adjacent to an activating group) is 1. The van der Waals surface area contributed by atoms with Gasteiger partial charge in [0.05, 0.1) is 35.3 Å². The number of halogens is 1. The molecule has 0 aromatic heterocycles. The predicted octanol–water partition coefficient (Wildman–Crippen LogP) is 2.72. The topological polar surface area (TPSA) is 116 Å². The summed E-state index contributed by atoms with van der Waals surface area (Å²) in [6, 6.07) is 8.96. The molecule has 2 aliphatic rings. The smallest absolute Gasteiger partial charge is 0.258 e. The quantitative estimate of drug-likeness (QED) is 0.539. The van der Waals surface area contributed by atoms with Crippen molar-refractivity contribution in [1.82, 2.24) is 9.21 Å². The monoisotopic (exact) mass is 533 g/mol. The molecular weight excluding hydrogens is 501 g/mol. The molecule has 1 aliphatic heterocycles. The van der Waals surface area contributed by atoms with E-state index in [-0.39, 0.29) is 59.6 Å². The summed E-state index contributed by atoms with van der Waals surface area (Å²) in [6.07, 6.45) is 0.891. The molecule has 2 amide bonds. The predicted molar refractivity (Wildman–Crippen MR) is 135 cm³/mol. The third-order valence-corrected chi connectivity index (χ3v) is 8.69. The Morgan fingerprint density at radius 1 is 1.24 bits per heavy atom. The van der Waals surface area contributed by atoms with Crippen LogP contribution in [0.25, 0.3) is 0 Å². The average molecular weight is 534 g/mol. The van der Waals surface area contributed by atoms with Crippen LogP contribution >= 0.6 is 0 Å². The Kier molecular flexibility index (Phi) is 7.86. The van der Waals surface area contributed by atoms with E-state index in [1.165, 1.54) is 19.2 Å². The van der Waals surface area contributed by atoms with Gasteiger partial charge in [-0.05, 0) is 56.2 Å². The zero-order chi connectivity index (χ0) is 26.9. The Labute approximate surface area is 216 Å². The second-order valence-corrected chi connectivity index (χ2v) is 11.9. The van der Waals surface area contributed by atoms with Crippen molar-refractivity contribution in [3.63, 3.8) is 0 Å².